The van der Waals surface area contributed by atoms with E-state index in [1.54, 1.807) is 6.07 Å². The van der Waals surface area contributed by atoms with E-state index in [-0.39, 0.29) is 17.3 Å². The van der Waals surface area contributed by atoms with Crippen molar-refractivity contribution in [3.05, 3.63) is 22.4 Å². The third-order valence-electron chi connectivity index (χ3n) is 1.63. The molecule has 0 aliphatic heterocycles. The highest BCUT2D eigenvalue weighted by Gasteiger charge is 2.15. The van der Waals surface area contributed by atoms with Gasteiger partial charge in [-0.25, -0.2) is 9.78 Å². The third-order valence-corrected chi connectivity index (χ3v) is 2.30. The SMILES string of the molecule is COC(=O)c1ncc(Br)cc1NC(=O)CCl. The van der Waals surface area contributed by atoms with Gasteiger partial charge in [-0.15, -0.1) is 11.6 Å². The Morgan fingerprint density at radius 2 is 2.31 bits per heavy atom. The number of nitrogens with zero attached hydrogens (tertiary/aromatic N) is 1. The second-order valence-corrected chi connectivity index (χ2v) is 3.91. The lowest BCUT2D eigenvalue weighted by Gasteiger charge is -2.07. The Balaban J connectivity index is 3.08. The van der Waals surface area contributed by atoms with Crippen molar-refractivity contribution in [1.29, 1.82) is 0 Å². The molecule has 0 fully saturated rings. The molecule has 1 amide bonds. The number of esters is 1. The van der Waals surface area contributed by atoms with Crippen molar-refractivity contribution in [1.82, 2.24) is 4.98 Å². The highest BCUT2D eigenvalue weighted by atomic mass is 79.9. The number of halogens is 2. The number of carbonyl (C=O) groups is 2. The van der Waals surface area contributed by atoms with Gasteiger partial charge in [0.1, 0.15) is 5.88 Å². The molecule has 0 aliphatic carbocycles. The quantitative estimate of drug-likeness (QED) is 0.683. The topological polar surface area (TPSA) is 68.3 Å². The predicted octanol–water partition coefficient (Wildman–Crippen LogP) is 1.81. The molecule has 0 bridgehead atoms. The molecule has 0 aliphatic rings. The normalized spacial score (nSPS) is 9.69. The van der Waals surface area contributed by atoms with E-state index in [9.17, 15) is 9.59 Å². The summed E-state index contributed by atoms with van der Waals surface area (Å²) in [6, 6.07) is 1.55. The molecule has 1 N–H and O–H groups in total. The zero-order valence-electron chi connectivity index (χ0n) is 8.29. The van der Waals surface area contributed by atoms with E-state index in [1.165, 1.54) is 13.3 Å². The van der Waals surface area contributed by atoms with Gasteiger partial charge in [-0.05, 0) is 22.0 Å². The first-order valence-corrected chi connectivity index (χ1v) is 5.51. The van der Waals surface area contributed by atoms with Gasteiger partial charge in [-0.1, -0.05) is 0 Å². The molecule has 1 heterocycles. The summed E-state index contributed by atoms with van der Waals surface area (Å²) < 4.78 is 5.16. The molecule has 16 heavy (non-hydrogen) atoms. The second-order valence-electron chi connectivity index (χ2n) is 2.72. The maximum atomic E-state index is 11.3. The van der Waals surface area contributed by atoms with E-state index in [2.05, 4.69) is 31.0 Å². The van der Waals surface area contributed by atoms with Crippen LogP contribution in [0.1, 0.15) is 10.5 Å². The van der Waals surface area contributed by atoms with Gasteiger partial charge in [-0.3, -0.25) is 4.79 Å². The number of aromatic nitrogens is 1. The number of amides is 1. The fourth-order valence-corrected chi connectivity index (χ4v) is 1.38. The summed E-state index contributed by atoms with van der Waals surface area (Å²) in [4.78, 5) is 26.3. The highest BCUT2D eigenvalue weighted by Crippen LogP contribution is 2.19. The van der Waals surface area contributed by atoms with E-state index >= 15 is 0 Å². The number of anilines is 1. The molecule has 1 aromatic heterocycles. The molecule has 0 atom stereocenters. The summed E-state index contributed by atoms with van der Waals surface area (Å²) in [5, 5.41) is 2.45. The number of nitrogens with one attached hydrogen (secondary N) is 1. The van der Waals surface area contributed by atoms with Gasteiger partial charge in [0.05, 0.1) is 12.8 Å². The minimum atomic E-state index is -0.627. The van der Waals surface area contributed by atoms with Crippen molar-refractivity contribution in [2.24, 2.45) is 0 Å². The number of hydrogen-bond acceptors (Lipinski definition) is 4. The van der Waals surface area contributed by atoms with Gasteiger partial charge < -0.3 is 10.1 Å². The van der Waals surface area contributed by atoms with E-state index in [0.717, 1.165) is 0 Å². The van der Waals surface area contributed by atoms with Crippen LogP contribution in [0.2, 0.25) is 0 Å². The van der Waals surface area contributed by atoms with Crippen LogP contribution in [0.15, 0.2) is 16.7 Å². The second kappa shape index (κ2) is 5.81. The van der Waals surface area contributed by atoms with Crippen molar-refractivity contribution in [2.75, 3.05) is 18.3 Å². The minimum Gasteiger partial charge on any atom is -0.464 e. The van der Waals surface area contributed by atoms with Crippen LogP contribution in [0.3, 0.4) is 0 Å². The number of methoxy groups -OCH3 is 1. The summed E-state index contributed by atoms with van der Waals surface area (Å²) >= 11 is 8.53. The lowest BCUT2D eigenvalue weighted by molar-refractivity contribution is -0.113. The summed E-state index contributed by atoms with van der Waals surface area (Å²) in [6.07, 6.45) is 1.43. The van der Waals surface area contributed by atoms with Crippen LogP contribution in [-0.2, 0) is 9.53 Å². The van der Waals surface area contributed by atoms with Crippen molar-refractivity contribution >= 4 is 45.1 Å². The molecule has 86 valence electrons. The molecule has 0 unspecified atom stereocenters. The predicted molar refractivity (Wildman–Crippen MR) is 62.6 cm³/mol. The Hall–Kier alpha value is -1.14. The fraction of sp³-hybridized carbons (Fsp3) is 0.222. The average molecular weight is 308 g/mol. The van der Waals surface area contributed by atoms with E-state index in [0.29, 0.717) is 4.47 Å². The van der Waals surface area contributed by atoms with Gasteiger partial charge in [0.25, 0.3) is 0 Å². The lowest BCUT2D eigenvalue weighted by atomic mass is 10.3. The number of rotatable bonds is 3. The van der Waals surface area contributed by atoms with Gasteiger partial charge in [0.15, 0.2) is 5.69 Å². The number of hydrogen-bond donors (Lipinski definition) is 1. The van der Waals surface area contributed by atoms with E-state index < -0.39 is 11.9 Å². The smallest absolute Gasteiger partial charge is 0.358 e. The number of carbonyl (C=O) groups excluding carboxylic acids is 2. The average Bonchev–Trinajstić information content (AvgIpc) is 2.28. The third kappa shape index (κ3) is 3.18. The van der Waals surface area contributed by atoms with Crippen LogP contribution in [-0.4, -0.2) is 29.9 Å². The van der Waals surface area contributed by atoms with Crippen molar-refractivity contribution in [2.45, 2.75) is 0 Å². The summed E-state index contributed by atoms with van der Waals surface area (Å²) in [6.45, 7) is 0. The van der Waals surface area contributed by atoms with Crippen molar-refractivity contribution < 1.29 is 14.3 Å². The summed E-state index contributed by atoms with van der Waals surface area (Å²) in [5.41, 5.74) is 0.288. The van der Waals surface area contributed by atoms with Crippen LogP contribution in [0, 0.1) is 0 Å². The monoisotopic (exact) mass is 306 g/mol. The maximum Gasteiger partial charge on any atom is 0.358 e. The number of ether oxygens (including phenoxy) is 1. The maximum absolute atomic E-state index is 11.3. The molecule has 5 nitrogen and oxygen atoms in total. The molecule has 0 aromatic carbocycles. The molecular formula is C9H8BrClN2O3. The van der Waals surface area contributed by atoms with E-state index in [1.807, 2.05) is 0 Å². The highest BCUT2D eigenvalue weighted by molar-refractivity contribution is 9.10. The summed E-state index contributed by atoms with van der Waals surface area (Å²) in [7, 11) is 1.24. The number of alkyl halides is 1. The van der Waals surface area contributed by atoms with E-state index in [4.69, 9.17) is 11.6 Å². The van der Waals surface area contributed by atoms with Crippen LogP contribution in [0.4, 0.5) is 5.69 Å². The Morgan fingerprint density at radius 1 is 1.62 bits per heavy atom. The van der Waals surface area contributed by atoms with Crippen LogP contribution in [0.5, 0.6) is 0 Å². The zero-order chi connectivity index (χ0) is 12.1. The Morgan fingerprint density at radius 3 is 2.88 bits per heavy atom. The molecule has 0 saturated heterocycles. The van der Waals surface area contributed by atoms with Crippen molar-refractivity contribution in [3.8, 4) is 0 Å². The largest absolute Gasteiger partial charge is 0.464 e. The molecular weight excluding hydrogens is 299 g/mol. The molecule has 0 spiro atoms. The first kappa shape index (κ1) is 12.9. The minimum absolute atomic E-state index is 0.0316. The molecule has 0 saturated carbocycles. The Labute approximate surface area is 105 Å². The first-order valence-electron chi connectivity index (χ1n) is 4.18. The molecule has 1 aromatic rings. The Kier molecular flexibility index (Phi) is 4.70. The van der Waals surface area contributed by atoms with Gasteiger partial charge in [-0.2, -0.15) is 0 Å². The lowest BCUT2D eigenvalue weighted by Crippen LogP contribution is -2.17. The first-order chi connectivity index (χ1) is 7.58. The molecule has 0 radical (unpaired) electrons. The van der Waals surface area contributed by atoms with Crippen LogP contribution in [0.25, 0.3) is 0 Å². The van der Waals surface area contributed by atoms with Gasteiger partial charge in [0, 0.05) is 10.7 Å². The Bertz CT molecular complexity index is 425. The standard InChI is InChI=1S/C9H8BrClN2O3/c1-16-9(15)8-6(13-7(14)3-11)2-5(10)4-12-8/h2,4H,3H2,1H3,(H,13,14). The summed E-state index contributed by atoms with van der Waals surface area (Å²) in [5.74, 6) is -1.25. The fourth-order valence-electron chi connectivity index (χ4n) is 0.978. The van der Waals surface area contributed by atoms with Gasteiger partial charge in [0.2, 0.25) is 5.91 Å². The zero-order valence-corrected chi connectivity index (χ0v) is 10.6. The molecule has 7 heteroatoms. The number of pyridine rings is 1. The van der Waals surface area contributed by atoms with Crippen LogP contribution >= 0.6 is 27.5 Å². The van der Waals surface area contributed by atoms with Crippen LogP contribution < -0.4 is 5.32 Å². The molecule has 1 rings (SSSR count). The van der Waals surface area contributed by atoms with Crippen molar-refractivity contribution in [3.63, 3.8) is 0 Å². The van der Waals surface area contributed by atoms with Gasteiger partial charge >= 0.3 is 5.97 Å².